The van der Waals surface area contributed by atoms with Crippen LogP contribution in [0.2, 0.25) is 0 Å². The van der Waals surface area contributed by atoms with Crippen LogP contribution in [0.5, 0.6) is 0 Å². The molecule has 0 unspecified atom stereocenters. The van der Waals surface area contributed by atoms with E-state index < -0.39 is 110 Å². The summed E-state index contributed by atoms with van der Waals surface area (Å²) in [6.45, 7) is 3.40. The number of rotatable bonds is 19. The molecule has 6 amide bonds. The molecule has 47 heavy (non-hydrogen) atoms. The predicted octanol–water partition coefficient (Wildman–Crippen LogP) is -5.52. The number of hydrogen-bond acceptors (Lipinski definition) is 12. The molecule has 1 aliphatic heterocycles. The molecule has 0 aromatic rings. The number of carboxylic acid groups (broad SMARTS) is 1. The Kier molecular flexibility index (Phi) is 17.2. The van der Waals surface area contributed by atoms with Crippen LogP contribution in [0, 0.1) is 11.8 Å². The molecule has 0 aromatic carbocycles. The monoisotopic (exact) mass is 675 g/mol. The van der Waals surface area contributed by atoms with Crippen LogP contribution in [-0.2, 0) is 33.6 Å². The van der Waals surface area contributed by atoms with E-state index in [4.69, 9.17) is 15.9 Å². The molecule has 0 saturated carbocycles. The zero-order valence-electron chi connectivity index (χ0n) is 27.0. The molecule has 0 bridgehead atoms. The van der Waals surface area contributed by atoms with Crippen molar-refractivity contribution in [2.45, 2.75) is 89.3 Å². The fourth-order valence-electron chi connectivity index (χ4n) is 4.76. The minimum absolute atomic E-state index is 0.159. The molecule has 268 valence electrons. The normalized spacial score (nSPS) is 18.4. The van der Waals surface area contributed by atoms with E-state index >= 15 is 0 Å². The maximum absolute atomic E-state index is 13.2. The zero-order valence-corrected chi connectivity index (χ0v) is 27.0. The van der Waals surface area contributed by atoms with Crippen molar-refractivity contribution in [2.75, 3.05) is 33.0 Å². The Morgan fingerprint density at radius 2 is 1.13 bits per heavy atom. The number of aliphatic hydroxyl groups is 4. The average Bonchev–Trinajstić information content (AvgIpc) is 3.51. The van der Waals surface area contributed by atoms with Gasteiger partial charge in [-0.05, 0) is 31.1 Å². The lowest BCUT2D eigenvalue weighted by Gasteiger charge is -2.30. The number of amides is 6. The number of aliphatic hydroxyl groups excluding tert-OH is 4. The molecule has 1 rings (SSSR count). The van der Waals surface area contributed by atoms with Crippen molar-refractivity contribution in [3.8, 4) is 0 Å². The van der Waals surface area contributed by atoms with E-state index in [0.29, 0.717) is 25.8 Å². The number of carboxylic acids is 1. The lowest BCUT2D eigenvalue weighted by atomic mass is 10.0. The van der Waals surface area contributed by atoms with Gasteiger partial charge in [-0.1, -0.05) is 27.7 Å². The van der Waals surface area contributed by atoms with Crippen LogP contribution in [0.3, 0.4) is 0 Å². The highest BCUT2D eigenvalue weighted by Gasteiger charge is 2.39. The van der Waals surface area contributed by atoms with E-state index in [0.717, 1.165) is 0 Å². The van der Waals surface area contributed by atoms with Gasteiger partial charge in [0.1, 0.15) is 36.3 Å². The van der Waals surface area contributed by atoms with Crippen LogP contribution < -0.4 is 32.3 Å². The molecule has 7 atom stereocenters. The predicted molar refractivity (Wildman–Crippen MR) is 163 cm³/mol. The van der Waals surface area contributed by atoms with Crippen molar-refractivity contribution in [1.29, 1.82) is 0 Å². The lowest BCUT2D eigenvalue weighted by Crippen LogP contribution is -2.62. The molecular formula is C28H49N7O12. The van der Waals surface area contributed by atoms with Gasteiger partial charge >= 0.3 is 5.97 Å². The fraction of sp³-hybridized carbons (Fsp3) is 0.750. The molecule has 19 heteroatoms. The Hall–Kier alpha value is -3.91. The van der Waals surface area contributed by atoms with E-state index in [-0.39, 0.29) is 11.8 Å². The van der Waals surface area contributed by atoms with Crippen molar-refractivity contribution >= 4 is 41.4 Å². The summed E-state index contributed by atoms with van der Waals surface area (Å²) in [4.78, 5) is 89.5. The quantitative estimate of drug-likeness (QED) is 0.0610. The minimum Gasteiger partial charge on any atom is -0.480 e. The van der Waals surface area contributed by atoms with Gasteiger partial charge in [0.05, 0.1) is 32.5 Å². The van der Waals surface area contributed by atoms with Gasteiger partial charge in [0, 0.05) is 6.54 Å². The number of nitrogens with one attached hydrogen (secondary N) is 5. The summed E-state index contributed by atoms with van der Waals surface area (Å²) >= 11 is 0. The minimum atomic E-state index is -1.75. The number of hydrogen-bond donors (Lipinski definition) is 11. The zero-order chi connectivity index (χ0) is 36.0. The van der Waals surface area contributed by atoms with Crippen LogP contribution in [0.25, 0.3) is 0 Å². The fourth-order valence-corrected chi connectivity index (χ4v) is 4.76. The molecule has 0 spiro atoms. The van der Waals surface area contributed by atoms with Crippen molar-refractivity contribution in [3.05, 3.63) is 0 Å². The number of likely N-dealkylation sites (tertiary alicyclic amines) is 1. The number of nitrogens with zero attached hydrogens (tertiary/aromatic N) is 1. The second-order valence-electron chi connectivity index (χ2n) is 12.0. The topological polar surface area (TPSA) is 310 Å². The highest BCUT2D eigenvalue weighted by molar-refractivity contribution is 5.97. The van der Waals surface area contributed by atoms with Gasteiger partial charge < -0.3 is 62.8 Å². The molecule has 0 aliphatic carbocycles. The largest absolute Gasteiger partial charge is 0.480 e. The summed E-state index contributed by atoms with van der Waals surface area (Å²) in [6.07, 6.45) is 1.34. The van der Waals surface area contributed by atoms with E-state index in [9.17, 15) is 48.9 Å². The van der Waals surface area contributed by atoms with Crippen LogP contribution in [-0.4, -0.2) is 147 Å². The highest BCUT2D eigenvalue weighted by atomic mass is 16.4. The average molecular weight is 676 g/mol. The third kappa shape index (κ3) is 12.3. The van der Waals surface area contributed by atoms with E-state index in [1.54, 1.807) is 13.8 Å². The summed E-state index contributed by atoms with van der Waals surface area (Å²) in [6, 6.07) is -9.75. The van der Waals surface area contributed by atoms with Gasteiger partial charge in [-0.3, -0.25) is 28.8 Å². The van der Waals surface area contributed by atoms with Crippen LogP contribution in [0.4, 0.5) is 0 Å². The summed E-state index contributed by atoms with van der Waals surface area (Å²) in [7, 11) is 0. The first-order valence-electron chi connectivity index (χ1n) is 15.3. The van der Waals surface area contributed by atoms with Gasteiger partial charge in [-0.15, -0.1) is 0 Å². The Morgan fingerprint density at radius 3 is 1.51 bits per heavy atom. The molecule has 0 aromatic heterocycles. The van der Waals surface area contributed by atoms with Crippen LogP contribution >= 0.6 is 0 Å². The highest BCUT2D eigenvalue weighted by Crippen LogP contribution is 2.20. The first-order chi connectivity index (χ1) is 22.0. The van der Waals surface area contributed by atoms with Gasteiger partial charge in [-0.2, -0.15) is 0 Å². The maximum atomic E-state index is 13.2. The van der Waals surface area contributed by atoms with E-state index in [1.165, 1.54) is 4.90 Å². The molecule has 12 N–H and O–H groups in total. The number of carbonyl (C=O) groups excluding carboxylic acids is 6. The molecule has 0 radical (unpaired) electrons. The molecular weight excluding hydrogens is 626 g/mol. The number of carbonyl (C=O) groups is 7. The molecule has 1 aliphatic rings. The summed E-state index contributed by atoms with van der Waals surface area (Å²) in [5, 5.41) is 57.9. The molecule has 1 saturated heterocycles. The number of aliphatic carboxylic acids is 1. The summed E-state index contributed by atoms with van der Waals surface area (Å²) in [5.74, 6) is -7.29. The van der Waals surface area contributed by atoms with Gasteiger partial charge in [0.15, 0.2) is 0 Å². The van der Waals surface area contributed by atoms with E-state index in [1.807, 2.05) is 24.5 Å². The second-order valence-corrected chi connectivity index (χ2v) is 12.0. The lowest BCUT2D eigenvalue weighted by molar-refractivity contribution is -0.143. The van der Waals surface area contributed by atoms with Crippen LogP contribution in [0.15, 0.2) is 0 Å². The SMILES string of the molecule is CC(C)C[C@H](N)C(=O)N1CCC[C@H]1C(=O)N[C@H](C(=O)N[C@@H](CO)C(=O)N[C@@H](CO)C(=O)N[C@@H](CO)C(=O)N[C@@H](CO)C(=O)O)C(C)C. The van der Waals surface area contributed by atoms with Crippen molar-refractivity contribution in [1.82, 2.24) is 31.5 Å². The summed E-state index contributed by atoms with van der Waals surface area (Å²) < 4.78 is 0. The molecule has 19 nitrogen and oxygen atoms in total. The van der Waals surface area contributed by atoms with Gasteiger partial charge in [0.2, 0.25) is 35.4 Å². The van der Waals surface area contributed by atoms with Crippen molar-refractivity contribution in [3.63, 3.8) is 0 Å². The Bertz CT molecular complexity index is 1120. The third-order valence-electron chi connectivity index (χ3n) is 7.37. The smallest absolute Gasteiger partial charge is 0.328 e. The van der Waals surface area contributed by atoms with Crippen molar-refractivity contribution < 1.29 is 59.1 Å². The molecule has 1 fully saturated rings. The first kappa shape index (κ1) is 41.1. The third-order valence-corrected chi connectivity index (χ3v) is 7.37. The maximum Gasteiger partial charge on any atom is 0.328 e. The van der Waals surface area contributed by atoms with E-state index in [2.05, 4.69) is 16.0 Å². The van der Waals surface area contributed by atoms with Crippen LogP contribution in [0.1, 0.15) is 47.0 Å². The Balaban J connectivity index is 2.92. The second kappa shape index (κ2) is 19.7. The Labute approximate surface area is 272 Å². The standard InChI is InChI=1S/C28H49N7O12/c1-13(2)8-15(29)27(45)35-7-5-6-20(35)25(43)34-21(14(3)4)26(44)32-18(11-38)23(41)30-16(9-36)22(40)31-17(10-37)24(42)33-19(12-39)28(46)47/h13-21,36-39H,5-12,29H2,1-4H3,(H,30,41)(H,31,40)(H,32,44)(H,33,42)(H,34,43)(H,46,47)/t15-,16-,17-,18-,19-,20-,21-/m0/s1. The van der Waals surface area contributed by atoms with Crippen molar-refractivity contribution in [2.24, 2.45) is 17.6 Å². The summed E-state index contributed by atoms with van der Waals surface area (Å²) in [5.41, 5.74) is 6.05. The molecule has 1 heterocycles. The Morgan fingerprint density at radius 1 is 0.702 bits per heavy atom. The first-order valence-corrected chi connectivity index (χ1v) is 15.3. The van der Waals surface area contributed by atoms with Gasteiger partial charge in [0.25, 0.3) is 0 Å². The van der Waals surface area contributed by atoms with Gasteiger partial charge in [-0.25, -0.2) is 4.79 Å². The number of nitrogens with two attached hydrogens (primary N) is 1.